The van der Waals surface area contributed by atoms with Gasteiger partial charge in [0.25, 0.3) is 0 Å². The van der Waals surface area contributed by atoms with Crippen molar-refractivity contribution in [1.29, 1.82) is 0 Å². The number of nitrogens with one attached hydrogen (secondary N) is 1. The number of pyridine rings is 1. The van der Waals surface area contributed by atoms with Crippen LogP contribution in [0.4, 0.5) is 18.9 Å². The Bertz CT molecular complexity index is 1300. The number of aromatic nitrogens is 1. The Hall–Kier alpha value is -4.13. The number of halogens is 3. The molecule has 0 bridgehead atoms. The van der Waals surface area contributed by atoms with Crippen molar-refractivity contribution in [2.45, 2.75) is 6.18 Å². The van der Waals surface area contributed by atoms with Gasteiger partial charge in [-0.1, -0.05) is 36.4 Å². The van der Waals surface area contributed by atoms with Crippen molar-refractivity contribution in [2.75, 3.05) is 5.32 Å². The summed E-state index contributed by atoms with van der Waals surface area (Å²) in [6.07, 6.45) is 4.63. The van der Waals surface area contributed by atoms with Gasteiger partial charge in [0.1, 0.15) is 5.76 Å². The molecule has 4 rings (SSSR count). The van der Waals surface area contributed by atoms with E-state index in [-0.39, 0.29) is 5.91 Å². The number of hydrogen-bond acceptors (Lipinski definition) is 3. The maximum absolute atomic E-state index is 13.1. The number of allylic oxidation sites excluding steroid dienone is 2. The molecule has 0 spiro atoms. The van der Waals surface area contributed by atoms with Gasteiger partial charge in [-0.25, -0.2) is 0 Å². The third-order valence-corrected chi connectivity index (χ3v) is 4.74. The fraction of sp³-hybridized carbons (Fsp3) is 0.0400. The van der Waals surface area contributed by atoms with E-state index in [9.17, 15) is 18.0 Å². The molecule has 0 fully saturated rings. The molecule has 0 unspecified atom stereocenters. The van der Waals surface area contributed by atoms with Crippen LogP contribution in [0.25, 0.3) is 16.3 Å². The van der Waals surface area contributed by atoms with Crippen molar-refractivity contribution in [3.8, 4) is 0 Å². The molecular formula is C25H17F3N2O2. The van der Waals surface area contributed by atoms with Gasteiger partial charge < -0.3 is 9.73 Å². The molecule has 7 heteroatoms. The molecule has 0 aliphatic carbocycles. The molecule has 0 aliphatic heterocycles. The maximum Gasteiger partial charge on any atom is 0.416 e. The second kappa shape index (κ2) is 8.93. The summed E-state index contributed by atoms with van der Waals surface area (Å²) in [5, 5.41) is 4.54. The number of carbonyl (C=O) groups is 1. The van der Waals surface area contributed by atoms with E-state index in [0.717, 1.165) is 22.9 Å². The van der Waals surface area contributed by atoms with Gasteiger partial charge in [-0.05, 0) is 42.0 Å². The van der Waals surface area contributed by atoms with Crippen LogP contribution in [-0.4, -0.2) is 10.9 Å². The summed E-state index contributed by atoms with van der Waals surface area (Å²) < 4.78 is 44.8. The van der Waals surface area contributed by atoms with E-state index in [2.05, 4.69) is 10.3 Å². The number of furan rings is 1. The van der Waals surface area contributed by atoms with Gasteiger partial charge in [-0.15, -0.1) is 0 Å². The topological polar surface area (TPSA) is 55.1 Å². The number of fused-ring (bicyclic) bond motifs is 1. The van der Waals surface area contributed by atoms with E-state index >= 15 is 0 Å². The second-order valence-electron chi connectivity index (χ2n) is 6.89. The number of alkyl halides is 3. The van der Waals surface area contributed by atoms with Crippen LogP contribution in [0.2, 0.25) is 0 Å². The van der Waals surface area contributed by atoms with E-state index in [1.165, 1.54) is 24.5 Å². The Labute approximate surface area is 181 Å². The molecular weight excluding hydrogens is 417 g/mol. The summed E-state index contributed by atoms with van der Waals surface area (Å²) >= 11 is 0. The summed E-state index contributed by atoms with van der Waals surface area (Å²) in [5.41, 5.74) is 0.607. The summed E-state index contributed by atoms with van der Waals surface area (Å²) in [4.78, 5) is 16.5. The van der Waals surface area contributed by atoms with E-state index in [4.69, 9.17) is 4.42 Å². The zero-order valence-electron chi connectivity index (χ0n) is 16.6. The van der Waals surface area contributed by atoms with Crippen molar-refractivity contribution >= 4 is 27.9 Å². The highest BCUT2D eigenvalue weighted by Crippen LogP contribution is 2.32. The number of anilines is 1. The Morgan fingerprint density at radius 2 is 1.88 bits per heavy atom. The molecule has 32 heavy (non-hydrogen) atoms. The van der Waals surface area contributed by atoms with Crippen molar-refractivity contribution in [3.05, 3.63) is 114 Å². The van der Waals surface area contributed by atoms with Gasteiger partial charge in [0.05, 0.1) is 11.8 Å². The number of carbonyl (C=O) groups excluding carboxylic acids is 1. The molecule has 160 valence electrons. The molecule has 2 aromatic heterocycles. The fourth-order valence-corrected chi connectivity index (χ4v) is 3.25. The lowest BCUT2D eigenvalue weighted by Gasteiger charge is -2.10. The zero-order chi connectivity index (χ0) is 22.6. The highest BCUT2D eigenvalue weighted by Gasteiger charge is 2.30. The van der Waals surface area contributed by atoms with Crippen LogP contribution in [0.15, 0.2) is 102 Å². The fourth-order valence-electron chi connectivity index (χ4n) is 3.25. The maximum atomic E-state index is 13.1. The molecule has 0 saturated carbocycles. The predicted octanol–water partition coefficient (Wildman–Crippen LogP) is 6.47. The average molecular weight is 434 g/mol. The molecule has 1 amide bonds. The lowest BCUT2D eigenvalue weighted by atomic mass is 10.0. The van der Waals surface area contributed by atoms with Crippen LogP contribution in [-0.2, 0) is 11.0 Å². The first kappa shape index (κ1) is 21.1. The van der Waals surface area contributed by atoms with Gasteiger partial charge >= 0.3 is 6.18 Å². The molecule has 4 aromatic rings. The van der Waals surface area contributed by atoms with Gasteiger partial charge in [0, 0.05) is 40.5 Å². The van der Waals surface area contributed by atoms with Crippen LogP contribution < -0.4 is 5.32 Å². The lowest BCUT2D eigenvalue weighted by molar-refractivity contribution is -0.137. The number of rotatable bonds is 5. The number of benzene rings is 2. The summed E-state index contributed by atoms with van der Waals surface area (Å²) in [5.74, 6) is 0.00401. The highest BCUT2D eigenvalue weighted by atomic mass is 19.4. The Morgan fingerprint density at radius 1 is 1.03 bits per heavy atom. The summed E-state index contributed by atoms with van der Waals surface area (Å²) in [6, 6.07) is 15.5. The van der Waals surface area contributed by atoms with E-state index in [1.807, 2.05) is 12.1 Å². The molecule has 0 radical (unpaired) electrons. The summed E-state index contributed by atoms with van der Waals surface area (Å²) in [6.45, 7) is 0. The smallest absolute Gasteiger partial charge is 0.416 e. The van der Waals surface area contributed by atoms with E-state index in [1.54, 1.807) is 48.8 Å². The Balaban J connectivity index is 1.60. The van der Waals surface area contributed by atoms with Crippen LogP contribution in [0.1, 0.15) is 16.9 Å². The number of hydrogen-bond donors (Lipinski definition) is 1. The van der Waals surface area contributed by atoms with Crippen molar-refractivity contribution in [3.63, 3.8) is 0 Å². The van der Waals surface area contributed by atoms with Gasteiger partial charge in [-0.2, -0.15) is 13.2 Å². The molecule has 1 N–H and O–H groups in total. The van der Waals surface area contributed by atoms with Crippen molar-refractivity contribution < 1.29 is 22.4 Å². The molecule has 2 heterocycles. The summed E-state index contributed by atoms with van der Waals surface area (Å²) in [7, 11) is 0. The van der Waals surface area contributed by atoms with Crippen LogP contribution in [0.3, 0.4) is 0 Å². The molecule has 2 aromatic carbocycles. The first-order valence-corrected chi connectivity index (χ1v) is 9.65. The van der Waals surface area contributed by atoms with E-state index in [0.29, 0.717) is 22.6 Å². The largest absolute Gasteiger partial charge is 0.464 e. The molecule has 0 atom stereocenters. The van der Waals surface area contributed by atoms with Crippen LogP contribution in [0.5, 0.6) is 0 Å². The molecule has 4 nitrogen and oxygen atoms in total. The van der Waals surface area contributed by atoms with E-state index < -0.39 is 11.7 Å². The lowest BCUT2D eigenvalue weighted by Crippen LogP contribution is -2.08. The monoisotopic (exact) mass is 434 g/mol. The van der Waals surface area contributed by atoms with Gasteiger partial charge in [0.2, 0.25) is 5.91 Å². The zero-order valence-corrected chi connectivity index (χ0v) is 16.6. The minimum Gasteiger partial charge on any atom is -0.464 e. The van der Waals surface area contributed by atoms with Crippen LogP contribution >= 0.6 is 0 Å². The first-order valence-electron chi connectivity index (χ1n) is 9.65. The Morgan fingerprint density at radius 3 is 2.66 bits per heavy atom. The SMILES string of the molecule is O=C(C=CC=C(c1cccc(C(F)(F)F)c1)c1ccco1)Nc1cccc2cnccc12. The van der Waals surface area contributed by atoms with Crippen LogP contribution in [0, 0.1) is 0 Å². The first-order chi connectivity index (χ1) is 15.4. The Kier molecular flexibility index (Phi) is 5.89. The van der Waals surface area contributed by atoms with Crippen molar-refractivity contribution in [1.82, 2.24) is 4.98 Å². The highest BCUT2D eigenvalue weighted by molar-refractivity contribution is 6.06. The normalized spacial score (nSPS) is 12.4. The second-order valence-corrected chi connectivity index (χ2v) is 6.89. The van der Waals surface area contributed by atoms with Gasteiger partial charge in [0.15, 0.2) is 0 Å². The predicted molar refractivity (Wildman–Crippen MR) is 117 cm³/mol. The third-order valence-electron chi connectivity index (χ3n) is 4.74. The standard InChI is InChI=1S/C25H17F3N2O2/c26-25(27,28)19-7-1-5-17(15-19)21(23-10-4-14-32-23)8-3-11-24(31)30-22-9-2-6-18-16-29-13-12-20(18)22/h1-16H,(H,30,31). The minimum atomic E-state index is -4.46. The number of amides is 1. The third kappa shape index (κ3) is 4.78. The number of nitrogens with zero attached hydrogens (tertiary/aromatic N) is 1. The molecule has 0 aliphatic rings. The van der Waals surface area contributed by atoms with Crippen molar-refractivity contribution in [2.24, 2.45) is 0 Å². The molecule has 0 saturated heterocycles. The average Bonchev–Trinajstić information content (AvgIpc) is 3.31. The quantitative estimate of drug-likeness (QED) is 0.289. The minimum absolute atomic E-state index is 0.321. The van der Waals surface area contributed by atoms with Gasteiger partial charge in [-0.3, -0.25) is 9.78 Å².